The van der Waals surface area contributed by atoms with Crippen molar-refractivity contribution in [3.63, 3.8) is 0 Å². The summed E-state index contributed by atoms with van der Waals surface area (Å²) in [5.74, 6) is -0.656. The van der Waals surface area contributed by atoms with Crippen molar-refractivity contribution in [2.24, 2.45) is 0 Å². The summed E-state index contributed by atoms with van der Waals surface area (Å²) in [6.45, 7) is 1.92. The van der Waals surface area contributed by atoms with Crippen molar-refractivity contribution in [2.75, 3.05) is 27.2 Å². The Hall–Kier alpha value is -1.93. The quantitative estimate of drug-likeness (QED) is 0.498. The average Bonchev–Trinajstić information content (AvgIpc) is 2.24. The van der Waals surface area contributed by atoms with Crippen LogP contribution < -0.4 is 16.6 Å². The van der Waals surface area contributed by atoms with E-state index in [0.29, 0.717) is 6.54 Å². The molecule has 0 aliphatic heterocycles. The fourth-order valence-corrected chi connectivity index (χ4v) is 1.68. The number of hydrogen-bond donors (Lipinski definition) is 4. The van der Waals surface area contributed by atoms with Crippen LogP contribution in [0.2, 0.25) is 0 Å². The number of aliphatic hydroxyl groups is 1. The second-order valence-electron chi connectivity index (χ2n) is 4.90. The molecule has 0 saturated carbocycles. The van der Waals surface area contributed by atoms with Crippen LogP contribution >= 0.6 is 0 Å². The number of aromatic nitrogens is 2. The van der Waals surface area contributed by atoms with Crippen LogP contribution in [0.15, 0.2) is 15.8 Å². The second-order valence-corrected chi connectivity index (χ2v) is 4.90. The lowest BCUT2D eigenvalue weighted by atomic mass is 10.1. The molecule has 1 atom stereocenters. The first-order valence-electron chi connectivity index (χ1n) is 5.68. The number of amides is 1. The van der Waals surface area contributed by atoms with Crippen LogP contribution in [0, 0.1) is 0 Å². The molecule has 0 spiro atoms. The van der Waals surface area contributed by atoms with Crippen molar-refractivity contribution >= 4 is 5.91 Å². The molecule has 1 rings (SSSR count). The van der Waals surface area contributed by atoms with Gasteiger partial charge in [0.25, 0.3) is 11.5 Å². The van der Waals surface area contributed by atoms with Crippen LogP contribution in [0.5, 0.6) is 0 Å². The van der Waals surface area contributed by atoms with Gasteiger partial charge in [-0.2, -0.15) is 0 Å². The lowest BCUT2D eigenvalue weighted by Crippen LogP contribution is -2.47. The van der Waals surface area contributed by atoms with Gasteiger partial charge in [0.2, 0.25) is 0 Å². The Bertz CT molecular complexity index is 558. The van der Waals surface area contributed by atoms with Gasteiger partial charge >= 0.3 is 5.69 Å². The molecule has 0 fully saturated rings. The van der Waals surface area contributed by atoms with Crippen molar-refractivity contribution in [1.29, 1.82) is 0 Å². The Labute approximate surface area is 109 Å². The first-order chi connectivity index (χ1) is 8.71. The van der Waals surface area contributed by atoms with E-state index in [1.165, 1.54) is 0 Å². The smallest absolute Gasteiger partial charge is 0.325 e. The third-order valence-electron chi connectivity index (χ3n) is 2.35. The number of carbonyl (C=O) groups is 1. The second kappa shape index (κ2) is 5.81. The van der Waals surface area contributed by atoms with Crippen LogP contribution in [-0.4, -0.2) is 58.7 Å². The Balaban J connectivity index is 2.71. The normalized spacial score (nSPS) is 14.2. The van der Waals surface area contributed by atoms with Gasteiger partial charge in [0.1, 0.15) is 5.56 Å². The number of likely N-dealkylation sites (N-methyl/N-ethyl adjacent to an activating group) is 1. The number of aromatic amines is 2. The summed E-state index contributed by atoms with van der Waals surface area (Å²) in [5, 5.41) is 12.4. The van der Waals surface area contributed by atoms with Crippen LogP contribution in [0.4, 0.5) is 0 Å². The van der Waals surface area contributed by atoms with E-state index in [0.717, 1.165) is 6.20 Å². The molecule has 0 aromatic carbocycles. The zero-order valence-electron chi connectivity index (χ0n) is 11.1. The van der Waals surface area contributed by atoms with Crippen molar-refractivity contribution in [1.82, 2.24) is 20.2 Å². The molecule has 19 heavy (non-hydrogen) atoms. The van der Waals surface area contributed by atoms with Gasteiger partial charge in [-0.3, -0.25) is 14.6 Å². The van der Waals surface area contributed by atoms with E-state index in [1.54, 1.807) is 25.9 Å². The summed E-state index contributed by atoms with van der Waals surface area (Å²) in [6.07, 6.45) is 1.04. The molecule has 8 nitrogen and oxygen atoms in total. The molecule has 1 heterocycles. The van der Waals surface area contributed by atoms with Crippen molar-refractivity contribution in [3.8, 4) is 0 Å². The van der Waals surface area contributed by atoms with Crippen molar-refractivity contribution in [3.05, 3.63) is 32.6 Å². The molecule has 1 aromatic heterocycles. The minimum Gasteiger partial charge on any atom is -0.387 e. The van der Waals surface area contributed by atoms with Gasteiger partial charge in [-0.1, -0.05) is 0 Å². The maximum Gasteiger partial charge on any atom is 0.325 e. The van der Waals surface area contributed by atoms with Gasteiger partial charge in [-0.05, 0) is 21.0 Å². The summed E-state index contributed by atoms with van der Waals surface area (Å²) < 4.78 is 0. The fraction of sp³-hybridized carbons (Fsp3) is 0.545. The van der Waals surface area contributed by atoms with E-state index >= 15 is 0 Å². The molecular formula is C11H18N4O4. The molecule has 8 heteroatoms. The van der Waals surface area contributed by atoms with Gasteiger partial charge < -0.3 is 20.3 Å². The first-order valence-corrected chi connectivity index (χ1v) is 5.68. The maximum absolute atomic E-state index is 11.7. The average molecular weight is 270 g/mol. The van der Waals surface area contributed by atoms with E-state index in [2.05, 4.69) is 10.3 Å². The van der Waals surface area contributed by atoms with E-state index in [-0.39, 0.29) is 12.1 Å². The monoisotopic (exact) mass is 270 g/mol. The summed E-state index contributed by atoms with van der Waals surface area (Å²) in [5.41, 5.74) is -2.77. The highest BCUT2D eigenvalue weighted by molar-refractivity contribution is 5.93. The Morgan fingerprint density at radius 1 is 1.47 bits per heavy atom. The number of rotatable bonds is 5. The molecule has 0 saturated heterocycles. The Morgan fingerprint density at radius 3 is 2.63 bits per heavy atom. The maximum atomic E-state index is 11.7. The highest BCUT2D eigenvalue weighted by Crippen LogP contribution is 2.02. The molecular weight excluding hydrogens is 252 g/mol. The van der Waals surface area contributed by atoms with Crippen LogP contribution in [0.1, 0.15) is 17.3 Å². The molecule has 0 bridgehead atoms. The molecule has 1 unspecified atom stereocenters. The highest BCUT2D eigenvalue weighted by atomic mass is 16.3. The number of nitrogens with one attached hydrogen (secondary N) is 3. The zero-order chi connectivity index (χ0) is 14.6. The van der Waals surface area contributed by atoms with Gasteiger partial charge in [0, 0.05) is 19.3 Å². The number of H-pyrrole nitrogens is 2. The summed E-state index contributed by atoms with van der Waals surface area (Å²) in [7, 11) is 3.59. The number of nitrogens with zero attached hydrogens (tertiary/aromatic N) is 1. The van der Waals surface area contributed by atoms with Crippen molar-refractivity contribution in [2.45, 2.75) is 12.5 Å². The molecule has 0 aliphatic carbocycles. The molecule has 1 aromatic rings. The Kier molecular flexibility index (Phi) is 4.62. The molecule has 4 N–H and O–H groups in total. The van der Waals surface area contributed by atoms with Gasteiger partial charge in [-0.15, -0.1) is 0 Å². The van der Waals surface area contributed by atoms with Gasteiger partial charge in [0.15, 0.2) is 0 Å². The van der Waals surface area contributed by atoms with E-state index in [9.17, 15) is 19.5 Å². The molecule has 106 valence electrons. The zero-order valence-corrected chi connectivity index (χ0v) is 11.1. The minimum absolute atomic E-state index is 0.0113. The lowest BCUT2D eigenvalue weighted by Gasteiger charge is -2.26. The van der Waals surface area contributed by atoms with Crippen molar-refractivity contribution < 1.29 is 9.90 Å². The summed E-state index contributed by atoms with van der Waals surface area (Å²) in [6, 6.07) is 0. The van der Waals surface area contributed by atoms with Gasteiger partial charge in [-0.25, -0.2) is 4.79 Å². The van der Waals surface area contributed by atoms with Crippen LogP contribution in [-0.2, 0) is 0 Å². The highest BCUT2D eigenvalue weighted by Gasteiger charge is 2.23. The number of hydrogen-bond acceptors (Lipinski definition) is 5. The van der Waals surface area contributed by atoms with E-state index < -0.39 is 22.8 Å². The van der Waals surface area contributed by atoms with Gasteiger partial charge in [0.05, 0.1) is 5.60 Å². The minimum atomic E-state index is -1.12. The summed E-state index contributed by atoms with van der Waals surface area (Å²) in [4.78, 5) is 39.9. The first kappa shape index (κ1) is 15.1. The van der Waals surface area contributed by atoms with E-state index in [1.807, 2.05) is 4.98 Å². The largest absolute Gasteiger partial charge is 0.387 e. The molecule has 1 amide bonds. The van der Waals surface area contributed by atoms with E-state index in [4.69, 9.17) is 0 Å². The lowest BCUT2D eigenvalue weighted by molar-refractivity contribution is 0.0325. The fourth-order valence-electron chi connectivity index (χ4n) is 1.68. The Morgan fingerprint density at radius 2 is 2.11 bits per heavy atom. The third-order valence-corrected chi connectivity index (χ3v) is 2.35. The molecule has 0 radical (unpaired) electrons. The third kappa shape index (κ3) is 4.68. The summed E-state index contributed by atoms with van der Waals surface area (Å²) >= 11 is 0. The predicted octanol–water partition coefficient (Wildman–Crippen LogP) is -1.89. The van der Waals surface area contributed by atoms with Crippen LogP contribution in [0.25, 0.3) is 0 Å². The topological polar surface area (TPSA) is 118 Å². The molecule has 0 aliphatic rings. The SMILES string of the molecule is CN(C)CC(C)(O)CNC(=O)c1c[nH]c(=O)[nH]c1=O. The predicted molar refractivity (Wildman–Crippen MR) is 69.2 cm³/mol. The number of carbonyl (C=O) groups excluding carboxylic acids is 1. The standard InChI is InChI=1S/C11H18N4O4/c1-11(19,6-15(2)3)5-13-8(16)7-4-12-10(18)14-9(7)17/h4,19H,5-6H2,1-3H3,(H,13,16)(H2,12,14,17,18). The van der Waals surface area contributed by atoms with Crippen LogP contribution in [0.3, 0.4) is 0 Å².